The smallest absolute Gasteiger partial charge is 0.243 e. The largest absolute Gasteiger partial charge is 0.507 e. The van der Waals surface area contributed by atoms with Crippen LogP contribution in [0.5, 0.6) is 34.5 Å². The molecule has 3 aliphatic rings. The molecule has 3 aromatic rings. The van der Waals surface area contributed by atoms with Crippen LogP contribution >= 0.6 is 0 Å². The van der Waals surface area contributed by atoms with Gasteiger partial charge >= 0.3 is 0 Å². The SMILES string of the molecule is CCCCOc1ccc(C2=NC3=NC(c4ccc(OCCCC)cc4O)=NC4=NC(c5ccc(OCCCC)cc5O)=NC(=N2)N34)c(O)c1. The molecule has 0 bridgehead atoms. The van der Waals surface area contributed by atoms with Crippen molar-refractivity contribution in [1.29, 1.82) is 0 Å². The van der Waals surface area contributed by atoms with Gasteiger partial charge in [-0.2, -0.15) is 30.0 Å². The maximum Gasteiger partial charge on any atom is 0.243 e. The normalized spacial score (nSPS) is 14.9. The first-order valence-corrected chi connectivity index (χ1v) is 16.6. The topological polar surface area (TPSA) is 166 Å². The van der Waals surface area contributed by atoms with Gasteiger partial charge in [0.2, 0.25) is 17.9 Å². The number of benzene rings is 3. The summed E-state index contributed by atoms with van der Waals surface area (Å²) in [5.41, 5.74) is 0.987. The molecular weight excluding hydrogens is 626 g/mol. The second-order valence-electron chi connectivity index (χ2n) is 11.5. The molecule has 0 unspecified atom stereocenters. The number of amidine groups is 3. The zero-order chi connectivity index (χ0) is 34.3. The van der Waals surface area contributed by atoms with E-state index in [1.165, 1.54) is 23.1 Å². The molecule has 0 fully saturated rings. The Labute approximate surface area is 284 Å². The second kappa shape index (κ2) is 15.0. The van der Waals surface area contributed by atoms with Crippen molar-refractivity contribution in [2.45, 2.75) is 59.3 Å². The molecule has 13 heteroatoms. The molecule has 3 N–H and O–H groups in total. The molecule has 0 aliphatic carbocycles. The van der Waals surface area contributed by atoms with E-state index in [2.05, 4.69) is 50.7 Å². The molecule has 3 heterocycles. The van der Waals surface area contributed by atoms with Gasteiger partial charge in [0.05, 0.1) is 36.5 Å². The van der Waals surface area contributed by atoms with E-state index in [0.717, 1.165) is 38.5 Å². The number of phenolic OH excluding ortho intramolecular Hbond substituents is 3. The summed E-state index contributed by atoms with van der Waals surface area (Å²) in [6, 6.07) is 14.8. The number of ether oxygens (including phenoxy) is 3. The predicted molar refractivity (Wildman–Crippen MR) is 189 cm³/mol. The Bertz CT molecular complexity index is 1700. The lowest BCUT2D eigenvalue weighted by atomic mass is 10.1. The fourth-order valence-corrected chi connectivity index (χ4v) is 5.02. The van der Waals surface area contributed by atoms with Crippen LogP contribution in [0.25, 0.3) is 0 Å². The van der Waals surface area contributed by atoms with Crippen molar-refractivity contribution < 1.29 is 29.5 Å². The molecule has 0 radical (unpaired) electrons. The Morgan fingerprint density at radius 3 is 1.04 bits per heavy atom. The third kappa shape index (κ3) is 7.40. The molecule has 0 amide bonds. The number of nitrogens with zero attached hydrogens (tertiary/aromatic N) is 7. The molecule has 0 aromatic heterocycles. The summed E-state index contributed by atoms with van der Waals surface area (Å²) in [6.45, 7) is 7.82. The summed E-state index contributed by atoms with van der Waals surface area (Å²) >= 11 is 0. The first-order valence-electron chi connectivity index (χ1n) is 16.6. The summed E-state index contributed by atoms with van der Waals surface area (Å²) in [7, 11) is 0. The van der Waals surface area contributed by atoms with Crippen LogP contribution in [-0.2, 0) is 0 Å². The minimum Gasteiger partial charge on any atom is -0.507 e. The lowest BCUT2D eigenvalue weighted by molar-refractivity contribution is 0.307. The third-order valence-electron chi connectivity index (χ3n) is 7.77. The van der Waals surface area contributed by atoms with Crippen molar-refractivity contribution in [3.63, 3.8) is 0 Å². The van der Waals surface area contributed by atoms with Crippen LogP contribution in [0, 0.1) is 0 Å². The number of aromatic hydroxyl groups is 3. The van der Waals surface area contributed by atoms with Crippen molar-refractivity contribution in [1.82, 2.24) is 4.90 Å². The van der Waals surface area contributed by atoms with Gasteiger partial charge in [-0.3, -0.25) is 0 Å². The van der Waals surface area contributed by atoms with Crippen LogP contribution in [0.15, 0.2) is 84.6 Å². The molecule has 0 saturated carbocycles. The molecule has 6 rings (SSSR count). The van der Waals surface area contributed by atoms with Crippen molar-refractivity contribution in [3.8, 4) is 34.5 Å². The molecule has 0 spiro atoms. The maximum atomic E-state index is 11.0. The fourth-order valence-electron chi connectivity index (χ4n) is 5.02. The highest BCUT2D eigenvalue weighted by Gasteiger charge is 2.37. The molecule has 0 atom stereocenters. The van der Waals surface area contributed by atoms with Gasteiger partial charge in [0, 0.05) is 18.2 Å². The highest BCUT2D eigenvalue weighted by atomic mass is 16.5. The van der Waals surface area contributed by atoms with Crippen LogP contribution in [0.3, 0.4) is 0 Å². The molecular formula is C36H39N7O6. The molecule has 0 saturated heterocycles. The van der Waals surface area contributed by atoms with Gasteiger partial charge in [0.25, 0.3) is 0 Å². The number of hydrogen-bond acceptors (Lipinski definition) is 13. The number of guanidine groups is 3. The molecule has 49 heavy (non-hydrogen) atoms. The zero-order valence-corrected chi connectivity index (χ0v) is 27.8. The average molecular weight is 666 g/mol. The third-order valence-corrected chi connectivity index (χ3v) is 7.77. The van der Waals surface area contributed by atoms with E-state index in [0.29, 0.717) is 53.8 Å². The fraction of sp³-hybridized carbons (Fsp3) is 0.333. The Morgan fingerprint density at radius 2 is 0.776 bits per heavy atom. The van der Waals surface area contributed by atoms with Crippen molar-refractivity contribution in [2.75, 3.05) is 19.8 Å². The Balaban J connectivity index is 1.41. The van der Waals surface area contributed by atoms with E-state index >= 15 is 0 Å². The van der Waals surface area contributed by atoms with Crippen molar-refractivity contribution in [2.24, 2.45) is 30.0 Å². The summed E-state index contributed by atoms with van der Waals surface area (Å²) in [5, 5.41) is 33.0. The quantitative estimate of drug-likeness (QED) is 0.158. The van der Waals surface area contributed by atoms with E-state index in [4.69, 9.17) is 14.2 Å². The van der Waals surface area contributed by atoms with Crippen LogP contribution in [-0.4, -0.2) is 75.4 Å². The van der Waals surface area contributed by atoms with Gasteiger partial charge in [-0.25, -0.2) is 4.90 Å². The summed E-state index contributed by atoms with van der Waals surface area (Å²) in [4.78, 5) is 29.4. The minimum atomic E-state index is -0.0858. The van der Waals surface area contributed by atoms with Crippen molar-refractivity contribution >= 4 is 35.4 Å². The van der Waals surface area contributed by atoms with Crippen LogP contribution in [0.2, 0.25) is 0 Å². The van der Waals surface area contributed by atoms with Crippen molar-refractivity contribution in [3.05, 3.63) is 71.3 Å². The van der Waals surface area contributed by atoms with Gasteiger partial charge in [-0.15, -0.1) is 0 Å². The number of rotatable bonds is 15. The Morgan fingerprint density at radius 1 is 0.469 bits per heavy atom. The Kier molecular flexibility index (Phi) is 10.2. The summed E-state index contributed by atoms with van der Waals surface area (Å²) < 4.78 is 17.3. The summed E-state index contributed by atoms with van der Waals surface area (Å²) in [6.07, 6.45) is 5.63. The van der Waals surface area contributed by atoms with E-state index in [9.17, 15) is 15.3 Å². The minimum absolute atomic E-state index is 0.0858. The number of unbranched alkanes of at least 4 members (excludes halogenated alkanes) is 3. The lowest BCUT2D eigenvalue weighted by Gasteiger charge is -2.30. The zero-order valence-electron chi connectivity index (χ0n) is 27.8. The van der Waals surface area contributed by atoms with Gasteiger partial charge < -0.3 is 29.5 Å². The lowest BCUT2D eigenvalue weighted by Crippen LogP contribution is -2.48. The molecule has 3 aliphatic heterocycles. The van der Waals surface area contributed by atoms with Crippen LogP contribution in [0.4, 0.5) is 0 Å². The van der Waals surface area contributed by atoms with E-state index in [1.54, 1.807) is 36.4 Å². The van der Waals surface area contributed by atoms with E-state index in [-0.39, 0.29) is 52.6 Å². The Hall–Kier alpha value is -5.72. The first-order chi connectivity index (χ1) is 23.9. The van der Waals surface area contributed by atoms with Gasteiger partial charge in [0.15, 0.2) is 17.5 Å². The number of aliphatic imine (C=N–C) groups is 6. The van der Waals surface area contributed by atoms with Gasteiger partial charge in [-0.05, 0) is 55.7 Å². The maximum absolute atomic E-state index is 11.0. The van der Waals surface area contributed by atoms with Gasteiger partial charge in [-0.1, -0.05) is 40.0 Å². The number of hydrogen-bond donors (Lipinski definition) is 3. The van der Waals surface area contributed by atoms with E-state index < -0.39 is 0 Å². The second-order valence-corrected chi connectivity index (χ2v) is 11.5. The number of phenols is 3. The molecule has 3 aromatic carbocycles. The first kappa shape index (κ1) is 33.2. The van der Waals surface area contributed by atoms with Crippen LogP contribution in [0.1, 0.15) is 76.0 Å². The van der Waals surface area contributed by atoms with Gasteiger partial charge in [0.1, 0.15) is 34.5 Å². The standard InChI is InChI=1S/C36H39N7O6/c1-4-7-16-47-22-10-13-25(28(44)19-22)31-37-34-39-32(26-14-11-23(20-29(26)45)48-17-8-5-2)41-36-42-33(40-35(38-31)43(34)36)27-15-12-24(21-30(27)46)49-18-9-6-3/h10-15,19-21,44-46H,4-9,16-18H2,1-3H3. The average Bonchev–Trinajstić information content (AvgIpc) is 3.08. The predicted octanol–water partition coefficient (Wildman–Crippen LogP) is 6.39. The van der Waals surface area contributed by atoms with Crippen LogP contribution < -0.4 is 14.2 Å². The highest BCUT2D eigenvalue weighted by Crippen LogP contribution is 2.32. The highest BCUT2D eigenvalue weighted by molar-refractivity contribution is 6.34. The summed E-state index contributed by atoms with van der Waals surface area (Å²) in [5.74, 6) is 2.10. The monoisotopic (exact) mass is 665 g/mol. The molecule has 254 valence electrons. The van der Waals surface area contributed by atoms with E-state index in [1.807, 2.05) is 0 Å². The molecule has 13 nitrogen and oxygen atoms in total.